The summed E-state index contributed by atoms with van der Waals surface area (Å²) < 4.78 is 7.70. The molecule has 1 aromatic carbocycles. The number of hydrogen-bond acceptors (Lipinski definition) is 5. The highest BCUT2D eigenvalue weighted by molar-refractivity contribution is 7.99. The Bertz CT molecular complexity index is 897. The quantitative estimate of drug-likeness (QED) is 0.563. The first-order chi connectivity index (χ1) is 12.7. The third kappa shape index (κ3) is 3.74. The van der Waals surface area contributed by atoms with Crippen LogP contribution in [-0.2, 0) is 4.74 Å². The van der Waals surface area contributed by atoms with Crippen molar-refractivity contribution in [1.29, 1.82) is 0 Å². The van der Waals surface area contributed by atoms with E-state index in [1.54, 1.807) is 30.2 Å². The average molecular weight is 407 g/mol. The SMILES string of the molecule is Clc1ccc(-n2c(SCC3CCCO3)nnc2-c2cccnc2)cc1Cl. The topological polar surface area (TPSA) is 52.8 Å². The maximum Gasteiger partial charge on any atom is 0.196 e. The zero-order valence-corrected chi connectivity index (χ0v) is 16.1. The monoisotopic (exact) mass is 406 g/mol. The van der Waals surface area contributed by atoms with Gasteiger partial charge in [-0.2, -0.15) is 0 Å². The van der Waals surface area contributed by atoms with Crippen molar-refractivity contribution >= 4 is 35.0 Å². The number of halogens is 2. The Kier molecular flexibility index (Phi) is 5.45. The van der Waals surface area contributed by atoms with Gasteiger partial charge in [0.15, 0.2) is 11.0 Å². The predicted molar refractivity (Wildman–Crippen MR) is 104 cm³/mol. The van der Waals surface area contributed by atoms with Crippen LogP contribution in [0.2, 0.25) is 10.0 Å². The van der Waals surface area contributed by atoms with Crippen molar-refractivity contribution < 1.29 is 4.74 Å². The van der Waals surface area contributed by atoms with Crippen LogP contribution in [-0.4, -0.2) is 38.2 Å². The van der Waals surface area contributed by atoms with Crippen LogP contribution in [0.4, 0.5) is 0 Å². The zero-order valence-electron chi connectivity index (χ0n) is 13.8. The van der Waals surface area contributed by atoms with E-state index >= 15 is 0 Å². The first-order valence-corrected chi connectivity index (χ1v) is 10.0. The van der Waals surface area contributed by atoms with Gasteiger partial charge in [-0.3, -0.25) is 9.55 Å². The predicted octanol–water partition coefficient (Wildman–Crippen LogP) is 4.91. The lowest BCUT2D eigenvalue weighted by Gasteiger charge is -2.12. The van der Waals surface area contributed by atoms with Gasteiger partial charge in [-0.15, -0.1) is 10.2 Å². The highest BCUT2D eigenvalue weighted by Crippen LogP contribution is 2.32. The Morgan fingerprint density at radius 1 is 1.19 bits per heavy atom. The third-order valence-corrected chi connectivity index (χ3v) is 5.94. The van der Waals surface area contributed by atoms with Crippen molar-refractivity contribution in [1.82, 2.24) is 19.7 Å². The second-order valence-electron chi connectivity index (χ2n) is 5.93. The molecule has 0 spiro atoms. The fraction of sp³-hybridized carbons (Fsp3) is 0.278. The minimum Gasteiger partial charge on any atom is -0.377 e. The number of pyridine rings is 1. The molecule has 1 aliphatic heterocycles. The van der Waals surface area contributed by atoms with Gasteiger partial charge in [0, 0.05) is 30.3 Å². The Morgan fingerprint density at radius 2 is 2.12 bits per heavy atom. The van der Waals surface area contributed by atoms with Crippen molar-refractivity contribution in [2.75, 3.05) is 12.4 Å². The molecule has 3 heterocycles. The van der Waals surface area contributed by atoms with Gasteiger partial charge in [-0.05, 0) is 43.2 Å². The Hall–Kier alpha value is -1.60. The van der Waals surface area contributed by atoms with Crippen LogP contribution >= 0.6 is 35.0 Å². The molecule has 0 N–H and O–H groups in total. The second kappa shape index (κ2) is 7.96. The maximum absolute atomic E-state index is 6.24. The fourth-order valence-electron chi connectivity index (χ4n) is 2.85. The summed E-state index contributed by atoms with van der Waals surface area (Å²) in [5.41, 5.74) is 1.74. The van der Waals surface area contributed by atoms with Crippen LogP contribution in [0.3, 0.4) is 0 Å². The summed E-state index contributed by atoms with van der Waals surface area (Å²) in [5.74, 6) is 1.55. The molecule has 3 aromatic rings. The number of rotatable bonds is 5. The Balaban J connectivity index is 1.73. The van der Waals surface area contributed by atoms with E-state index in [0.29, 0.717) is 15.9 Å². The van der Waals surface area contributed by atoms with Gasteiger partial charge in [0.2, 0.25) is 0 Å². The molecule has 1 atom stereocenters. The lowest BCUT2D eigenvalue weighted by Crippen LogP contribution is -2.09. The highest BCUT2D eigenvalue weighted by Gasteiger charge is 2.21. The molecule has 0 aliphatic carbocycles. The number of hydrogen-bond donors (Lipinski definition) is 0. The van der Waals surface area contributed by atoms with Crippen LogP contribution in [0, 0.1) is 0 Å². The maximum atomic E-state index is 6.24. The van der Waals surface area contributed by atoms with Crippen LogP contribution in [0.25, 0.3) is 17.1 Å². The van der Waals surface area contributed by atoms with Crippen LogP contribution in [0.15, 0.2) is 47.9 Å². The molecule has 1 saturated heterocycles. The third-order valence-electron chi connectivity index (χ3n) is 4.14. The van der Waals surface area contributed by atoms with E-state index in [1.165, 1.54) is 0 Å². The van der Waals surface area contributed by atoms with Gasteiger partial charge in [0.25, 0.3) is 0 Å². The van der Waals surface area contributed by atoms with Gasteiger partial charge in [0.05, 0.1) is 21.8 Å². The molecule has 1 unspecified atom stereocenters. The van der Waals surface area contributed by atoms with Crippen molar-refractivity contribution in [3.05, 3.63) is 52.8 Å². The van der Waals surface area contributed by atoms with Crippen LogP contribution in [0.5, 0.6) is 0 Å². The normalized spacial score (nSPS) is 16.9. The Morgan fingerprint density at radius 3 is 2.85 bits per heavy atom. The fourth-order valence-corrected chi connectivity index (χ4v) is 4.16. The smallest absolute Gasteiger partial charge is 0.196 e. The van der Waals surface area contributed by atoms with Crippen LogP contribution in [0.1, 0.15) is 12.8 Å². The van der Waals surface area contributed by atoms with Crippen molar-refractivity contribution in [3.63, 3.8) is 0 Å². The van der Waals surface area contributed by atoms with E-state index in [0.717, 1.165) is 41.6 Å². The average Bonchev–Trinajstić information content (AvgIpc) is 3.32. The molecule has 5 nitrogen and oxygen atoms in total. The van der Waals surface area contributed by atoms with Gasteiger partial charge in [-0.25, -0.2) is 0 Å². The van der Waals surface area contributed by atoms with E-state index in [4.69, 9.17) is 27.9 Å². The van der Waals surface area contributed by atoms with Gasteiger partial charge in [-0.1, -0.05) is 35.0 Å². The van der Waals surface area contributed by atoms with Gasteiger partial charge >= 0.3 is 0 Å². The molecule has 4 rings (SSSR count). The second-order valence-corrected chi connectivity index (χ2v) is 7.73. The van der Waals surface area contributed by atoms with Crippen molar-refractivity contribution in [3.8, 4) is 17.1 Å². The first kappa shape index (κ1) is 17.8. The van der Waals surface area contributed by atoms with E-state index in [-0.39, 0.29) is 6.10 Å². The molecular weight excluding hydrogens is 391 g/mol. The summed E-state index contributed by atoms with van der Waals surface area (Å²) in [6.45, 7) is 0.839. The van der Waals surface area contributed by atoms with E-state index in [2.05, 4.69) is 15.2 Å². The summed E-state index contributed by atoms with van der Waals surface area (Å²) in [6.07, 6.45) is 5.97. The summed E-state index contributed by atoms with van der Waals surface area (Å²) in [7, 11) is 0. The number of aromatic nitrogens is 4. The molecule has 0 saturated carbocycles. The molecule has 26 heavy (non-hydrogen) atoms. The summed E-state index contributed by atoms with van der Waals surface area (Å²) in [4.78, 5) is 4.19. The molecule has 8 heteroatoms. The lowest BCUT2D eigenvalue weighted by molar-refractivity contribution is 0.129. The summed E-state index contributed by atoms with van der Waals surface area (Å²) >= 11 is 14.0. The molecule has 134 valence electrons. The van der Waals surface area contributed by atoms with E-state index in [1.807, 2.05) is 28.8 Å². The van der Waals surface area contributed by atoms with Crippen molar-refractivity contribution in [2.45, 2.75) is 24.1 Å². The lowest BCUT2D eigenvalue weighted by atomic mass is 10.2. The summed E-state index contributed by atoms with van der Waals surface area (Å²) in [6, 6.07) is 9.35. The molecule has 1 fully saturated rings. The Labute approximate surface area is 165 Å². The molecule has 2 aromatic heterocycles. The molecule has 0 bridgehead atoms. The van der Waals surface area contributed by atoms with Gasteiger partial charge in [0.1, 0.15) is 0 Å². The highest BCUT2D eigenvalue weighted by atomic mass is 35.5. The molecule has 1 aliphatic rings. The minimum absolute atomic E-state index is 0.265. The van der Waals surface area contributed by atoms with E-state index in [9.17, 15) is 0 Å². The summed E-state index contributed by atoms with van der Waals surface area (Å²) in [5, 5.41) is 10.6. The van der Waals surface area contributed by atoms with E-state index < -0.39 is 0 Å². The zero-order chi connectivity index (χ0) is 17.9. The number of benzene rings is 1. The molecule has 0 amide bonds. The number of thioether (sulfide) groups is 1. The first-order valence-electron chi connectivity index (χ1n) is 8.28. The largest absolute Gasteiger partial charge is 0.377 e. The standard InChI is InChI=1S/C18H16Cl2N4OS/c19-15-6-5-13(9-16(15)20)24-17(12-3-1-7-21-10-12)22-23-18(24)26-11-14-4-2-8-25-14/h1,3,5-7,9-10,14H,2,4,8,11H2. The number of nitrogens with zero attached hydrogens (tertiary/aromatic N) is 4. The number of ether oxygens (including phenoxy) is 1. The molecule has 0 radical (unpaired) electrons. The minimum atomic E-state index is 0.265. The van der Waals surface area contributed by atoms with Gasteiger partial charge < -0.3 is 4.74 Å². The van der Waals surface area contributed by atoms with Crippen molar-refractivity contribution in [2.24, 2.45) is 0 Å². The molecular formula is C18H16Cl2N4OS. The van der Waals surface area contributed by atoms with Crippen LogP contribution < -0.4 is 0 Å².